The molecule has 94 valence electrons. The molecule has 0 fully saturated rings. The van der Waals surface area contributed by atoms with Crippen molar-refractivity contribution in [1.82, 2.24) is 9.97 Å². The summed E-state index contributed by atoms with van der Waals surface area (Å²) in [7, 11) is 0. The Labute approximate surface area is 116 Å². The van der Waals surface area contributed by atoms with Gasteiger partial charge in [-0.15, -0.1) is 0 Å². The zero-order valence-corrected chi connectivity index (χ0v) is 10.9. The summed E-state index contributed by atoms with van der Waals surface area (Å²) in [6.07, 6.45) is 3.38. The normalized spacial score (nSPS) is 12.5. The number of fused-ring (bicyclic) bond motifs is 1. The van der Waals surface area contributed by atoms with Crippen LogP contribution in [0.1, 0.15) is 17.3 Å². The van der Waals surface area contributed by atoms with E-state index in [-0.39, 0.29) is 6.04 Å². The minimum atomic E-state index is -0.274. The molecule has 0 aliphatic heterocycles. The summed E-state index contributed by atoms with van der Waals surface area (Å²) in [6, 6.07) is 13.3. The molecule has 1 atom stereocenters. The number of hydrogen-bond acceptors (Lipinski definition) is 3. The van der Waals surface area contributed by atoms with Crippen molar-refractivity contribution in [2.45, 2.75) is 6.04 Å². The van der Waals surface area contributed by atoms with Gasteiger partial charge in [-0.05, 0) is 29.8 Å². The van der Waals surface area contributed by atoms with Crippen molar-refractivity contribution in [3.8, 4) is 0 Å². The average Bonchev–Trinajstić information content (AvgIpc) is 2.47. The predicted molar refractivity (Wildman–Crippen MR) is 77.0 cm³/mol. The summed E-state index contributed by atoms with van der Waals surface area (Å²) >= 11 is 5.83. The van der Waals surface area contributed by atoms with Crippen molar-refractivity contribution in [2.24, 2.45) is 5.73 Å². The van der Waals surface area contributed by atoms with Gasteiger partial charge in [0.05, 0.1) is 22.3 Å². The molecule has 2 heterocycles. The van der Waals surface area contributed by atoms with Crippen LogP contribution >= 0.6 is 11.6 Å². The molecule has 0 amide bonds. The van der Waals surface area contributed by atoms with E-state index < -0.39 is 0 Å². The average molecular weight is 270 g/mol. The number of rotatable bonds is 2. The SMILES string of the molecule is NC(c1ccc2cccnc2c1)c1ccc(Cl)cn1. The van der Waals surface area contributed by atoms with E-state index in [0.29, 0.717) is 5.02 Å². The molecule has 2 aromatic heterocycles. The first-order valence-electron chi connectivity index (χ1n) is 5.96. The van der Waals surface area contributed by atoms with Crippen molar-refractivity contribution in [3.63, 3.8) is 0 Å². The second kappa shape index (κ2) is 4.96. The number of hydrogen-bond donors (Lipinski definition) is 1. The van der Waals surface area contributed by atoms with Crippen LogP contribution in [0.25, 0.3) is 10.9 Å². The number of halogens is 1. The number of pyridine rings is 2. The monoisotopic (exact) mass is 269 g/mol. The summed E-state index contributed by atoms with van der Waals surface area (Å²) in [5, 5.41) is 1.71. The number of nitrogens with two attached hydrogens (primary N) is 1. The molecular weight excluding hydrogens is 258 g/mol. The zero-order valence-electron chi connectivity index (χ0n) is 10.1. The lowest BCUT2D eigenvalue weighted by molar-refractivity contribution is 0.830. The van der Waals surface area contributed by atoms with E-state index in [1.54, 1.807) is 18.5 Å². The van der Waals surface area contributed by atoms with E-state index in [2.05, 4.69) is 9.97 Å². The molecule has 3 aromatic rings. The lowest BCUT2D eigenvalue weighted by Gasteiger charge is -2.12. The molecule has 1 aromatic carbocycles. The van der Waals surface area contributed by atoms with Crippen LogP contribution < -0.4 is 5.73 Å². The van der Waals surface area contributed by atoms with E-state index in [4.69, 9.17) is 17.3 Å². The van der Waals surface area contributed by atoms with Crippen LogP contribution in [0.15, 0.2) is 54.9 Å². The summed E-state index contributed by atoms with van der Waals surface area (Å²) in [5.74, 6) is 0. The summed E-state index contributed by atoms with van der Waals surface area (Å²) in [5.41, 5.74) is 8.94. The standard InChI is InChI=1S/C15H12ClN3/c16-12-5-6-13(19-9-12)15(17)11-4-3-10-2-1-7-18-14(10)8-11/h1-9,15H,17H2. The van der Waals surface area contributed by atoms with E-state index >= 15 is 0 Å². The molecule has 0 aliphatic rings. The first-order chi connectivity index (χ1) is 9.24. The fourth-order valence-electron chi connectivity index (χ4n) is 2.02. The van der Waals surface area contributed by atoms with Gasteiger partial charge in [-0.1, -0.05) is 29.8 Å². The van der Waals surface area contributed by atoms with E-state index in [1.807, 2.05) is 36.4 Å². The van der Waals surface area contributed by atoms with E-state index in [0.717, 1.165) is 22.2 Å². The Kier molecular flexibility index (Phi) is 3.15. The van der Waals surface area contributed by atoms with Gasteiger partial charge >= 0.3 is 0 Å². The van der Waals surface area contributed by atoms with Gasteiger partial charge in [0.2, 0.25) is 0 Å². The Morgan fingerprint density at radius 1 is 1.05 bits per heavy atom. The Morgan fingerprint density at radius 2 is 1.95 bits per heavy atom. The topological polar surface area (TPSA) is 51.8 Å². The number of aromatic nitrogens is 2. The van der Waals surface area contributed by atoms with Crippen LogP contribution in [-0.2, 0) is 0 Å². The maximum atomic E-state index is 6.22. The second-order valence-corrected chi connectivity index (χ2v) is 4.77. The first kappa shape index (κ1) is 12.1. The van der Waals surface area contributed by atoms with Crippen LogP contribution in [0.3, 0.4) is 0 Å². The molecule has 19 heavy (non-hydrogen) atoms. The third-order valence-corrected chi connectivity index (χ3v) is 3.28. The van der Waals surface area contributed by atoms with Gasteiger partial charge in [-0.2, -0.15) is 0 Å². The van der Waals surface area contributed by atoms with Gasteiger partial charge in [-0.3, -0.25) is 9.97 Å². The van der Waals surface area contributed by atoms with Gasteiger partial charge in [0.25, 0.3) is 0 Å². The maximum absolute atomic E-state index is 6.22. The van der Waals surface area contributed by atoms with Gasteiger partial charge < -0.3 is 5.73 Å². The Bertz CT molecular complexity index is 710. The third-order valence-electron chi connectivity index (χ3n) is 3.06. The molecule has 1 unspecified atom stereocenters. The molecule has 4 heteroatoms. The highest BCUT2D eigenvalue weighted by molar-refractivity contribution is 6.30. The van der Waals surface area contributed by atoms with E-state index in [9.17, 15) is 0 Å². The summed E-state index contributed by atoms with van der Waals surface area (Å²) < 4.78 is 0. The van der Waals surface area contributed by atoms with Crippen LogP contribution in [0.5, 0.6) is 0 Å². The lowest BCUT2D eigenvalue weighted by Crippen LogP contribution is -2.13. The quantitative estimate of drug-likeness (QED) is 0.776. The highest BCUT2D eigenvalue weighted by Gasteiger charge is 2.10. The molecule has 3 nitrogen and oxygen atoms in total. The van der Waals surface area contributed by atoms with Crippen LogP contribution in [-0.4, -0.2) is 9.97 Å². The van der Waals surface area contributed by atoms with Gasteiger partial charge in [0.1, 0.15) is 0 Å². The third kappa shape index (κ3) is 2.43. The van der Waals surface area contributed by atoms with E-state index in [1.165, 1.54) is 0 Å². The van der Waals surface area contributed by atoms with Gasteiger partial charge in [-0.25, -0.2) is 0 Å². The fraction of sp³-hybridized carbons (Fsp3) is 0.0667. The lowest BCUT2D eigenvalue weighted by atomic mass is 10.0. The Morgan fingerprint density at radius 3 is 2.74 bits per heavy atom. The van der Waals surface area contributed by atoms with Crippen LogP contribution in [0, 0.1) is 0 Å². The molecule has 0 aliphatic carbocycles. The van der Waals surface area contributed by atoms with Crippen molar-refractivity contribution in [2.75, 3.05) is 0 Å². The maximum Gasteiger partial charge on any atom is 0.0727 e. The highest BCUT2D eigenvalue weighted by Crippen LogP contribution is 2.22. The highest BCUT2D eigenvalue weighted by atomic mass is 35.5. The second-order valence-electron chi connectivity index (χ2n) is 4.33. The molecule has 2 N–H and O–H groups in total. The molecule has 0 spiro atoms. The smallest absolute Gasteiger partial charge is 0.0727 e. The van der Waals surface area contributed by atoms with Crippen molar-refractivity contribution in [1.29, 1.82) is 0 Å². The molecule has 0 saturated heterocycles. The zero-order chi connectivity index (χ0) is 13.2. The fourth-order valence-corrected chi connectivity index (χ4v) is 2.13. The van der Waals surface area contributed by atoms with Crippen molar-refractivity contribution in [3.05, 3.63) is 71.1 Å². The Hall–Kier alpha value is -1.97. The number of benzene rings is 1. The summed E-state index contributed by atoms with van der Waals surface area (Å²) in [4.78, 5) is 8.59. The first-order valence-corrected chi connectivity index (χ1v) is 6.33. The molecule has 0 bridgehead atoms. The molecular formula is C15H12ClN3. The van der Waals surface area contributed by atoms with Gasteiger partial charge in [0, 0.05) is 17.8 Å². The van der Waals surface area contributed by atoms with Crippen molar-refractivity contribution >= 4 is 22.5 Å². The minimum absolute atomic E-state index is 0.274. The molecule has 3 rings (SSSR count). The predicted octanol–water partition coefficient (Wildman–Crippen LogP) is 3.33. The Balaban J connectivity index is 2.01. The number of nitrogens with zero attached hydrogens (tertiary/aromatic N) is 2. The molecule has 0 radical (unpaired) electrons. The largest absolute Gasteiger partial charge is 0.319 e. The van der Waals surface area contributed by atoms with Crippen molar-refractivity contribution < 1.29 is 0 Å². The van der Waals surface area contributed by atoms with Gasteiger partial charge in [0.15, 0.2) is 0 Å². The minimum Gasteiger partial charge on any atom is -0.319 e. The van der Waals surface area contributed by atoms with Crippen LogP contribution in [0.4, 0.5) is 0 Å². The van der Waals surface area contributed by atoms with Crippen LogP contribution in [0.2, 0.25) is 5.02 Å². The summed E-state index contributed by atoms with van der Waals surface area (Å²) in [6.45, 7) is 0. The molecule has 0 saturated carbocycles.